The fraction of sp³-hybridized carbons (Fsp3) is 0.556. The molecule has 0 spiro atoms. The van der Waals surface area contributed by atoms with Crippen LogP contribution >= 0.6 is 0 Å². The number of aromatic nitrogens is 1. The largest absolute Gasteiger partial charge is 0.493 e. The summed E-state index contributed by atoms with van der Waals surface area (Å²) in [4.78, 5) is 51.9. The Morgan fingerprint density at radius 2 is 1.74 bits per heavy atom. The van der Waals surface area contributed by atoms with Crippen molar-refractivity contribution in [3.05, 3.63) is 17.0 Å². The molecule has 9 nitrogen and oxygen atoms in total. The Labute approximate surface area is 157 Å². The van der Waals surface area contributed by atoms with Crippen LogP contribution in [0, 0.1) is 0 Å². The summed E-state index contributed by atoms with van der Waals surface area (Å²) in [6, 6.07) is -0.358. The van der Waals surface area contributed by atoms with Crippen molar-refractivity contribution in [3.63, 3.8) is 0 Å². The highest BCUT2D eigenvalue weighted by molar-refractivity contribution is 6.42. The first kappa shape index (κ1) is 20.5. The van der Waals surface area contributed by atoms with E-state index in [-0.39, 0.29) is 47.9 Å². The molecule has 0 N–H and O–H groups in total. The Morgan fingerprint density at radius 3 is 2.26 bits per heavy atom. The van der Waals surface area contributed by atoms with Crippen LogP contribution in [0.15, 0.2) is 0 Å². The van der Waals surface area contributed by atoms with E-state index < -0.39 is 17.7 Å². The van der Waals surface area contributed by atoms with Gasteiger partial charge in [-0.05, 0) is 27.7 Å². The van der Waals surface area contributed by atoms with Gasteiger partial charge in [-0.2, -0.15) is 0 Å². The molecule has 0 radical (unpaired) electrons. The molecule has 1 amide bonds. The van der Waals surface area contributed by atoms with Gasteiger partial charge in [-0.1, -0.05) is 0 Å². The Balaban J connectivity index is 2.81. The summed E-state index contributed by atoms with van der Waals surface area (Å²) in [5.41, 5.74) is -0.422. The lowest BCUT2D eigenvalue weighted by Gasteiger charge is -2.33. The molecule has 2 rings (SSSR count). The monoisotopic (exact) mass is 380 g/mol. The van der Waals surface area contributed by atoms with E-state index in [1.807, 2.05) is 6.92 Å². The number of ketones is 1. The summed E-state index contributed by atoms with van der Waals surface area (Å²) in [6.45, 7) is 7.62. The zero-order valence-electron chi connectivity index (χ0n) is 16.2. The van der Waals surface area contributed by atoms with Crippen molar-refractivity contribution < 1.29 is 33.4 Å². The second-order valence-electron chi connectivity index (χ2n) is 5.94. The average Bonchev–Trinajstić information content (AvgIpc) is 3.00. The first-order valence-electron chi connectivity index (χ1n) is 8.83. The number of hydrogen-bond donors (Lipinski definition) is 0. The van der Waals surface area contributed by atoms with Gasteiger partial charge in [-0.25, -0.2) is 9.59 Å². The number of carbonyl (C=O) groups excluding carboxylic acids is 4. The second-order valence-corrected chi connectivity index (χ2v) is 5.94. The summed E-state index contributed by atoms with van der Waals surface area (Å²) in [5, 5.41) is 0. The molecule has 1 aliphatic heterocycles. The molecule has 27 heavy (non-hydrogen) atoms. The van der Waals surface area contributed by atoms with Crippen LogP contribution in [0.4, 0.5) is 0 Å². The van der Waals surface area contributed by atoms with E-state index in [1.165, 1.54) is 11.7 Å². The van der Waals surface area contributed by atoms with Crippen LogP contribution < -0.4 is 4.74 Å². The third kappa shape index (κ3) is 3.41. The first-order chi connectivity index (χ1) is 12.8. The fourth-order valence-corrected chi connectivity index (χ4v) is 3.22. The molecule has 1 aliphatic rings. The van der Waals surface area contributed by atoms with Crippen LogP contribution in [-0.4, -0.2) is 66.5 Å². The van der Waals surface area contributed by atoms with Crippen LogP contribution in [0.5, 0.6) is 5.75 Å². The zero-order valence-corrected chi connectivity index (χ0v) is 16.2. The molecule has 0 saturated heterocycles. The highest BCUT2D eigenvalue weighted by Crippen LogP contribution is 2.38. The highest BCUT2D eigenvalue weighted by Gasteiger charge is 2.43. The smallest absolute Gasteiger partial charge is 0.381 e. The number of likely N-dealkylation sites (N-methyl/N-ethyl adjacent to an activating group) is 1. The molecule has 2 heterocycles. The first-order valence-corrected chi connectivity index (χ1v) is 8.83. The number of esters is 2. The van der Waals surface area contributed by atoms with Crippen molar-refractivity contribution in [3.8, 4) is 5.75 Å². The molecule has 148 valence electrons. The van der Waals surface area contributed by atoms with Crippen LogP contribution in [0.2, 0.25) is 0 Å². The molecule has 0 saturated carbocycles. The van der Waals surface area contributed by atoms with E-state index in [9.17, 15) is 19.2 Å². The normalized spacial score (nSPS) is 16.0. The minimum Gasteiger partial charge on any atom is -0.493 e. The Morgan fingerprint density at radius 1 is 1.11 bits per heavy atom. The van der Waals surface area contributed by atoms with Crippen molar-refractivity contribution in [2.75, 3.05) is 33.4 Å². The number of Topliss-reactive ketones (excluding diaryl/α,β-unsaturated/α-hetero) is 1. The number of amides is 1. The molecule has 0 aromatic carbocycles. The Bertz CT molecular complexity index is 781. The average molecular weight is 380 g/mol. The van der Waals surface area contributed by atoms with Gasteiger partial charge in [0.25, 0.3) is 11.7 Å². The summed E-state index contributed by atoms with van der Waals surface area (Å²) in [5.74, 6) is -3.43. The van der Waals surface area contributed by atoms with Crippen molar-refractivity contribution >= 4 is 23.6 Å². The molecule has 1 atom stereocenters. The quantitative estimate of drug-likeness (QED) is 0.401. The number of methoxy groups -OCH3 is 1. The van der Waals surface area contributed by atoms with Gasteiger partial charge in [0.1, 0.15) is 11.3 Å². The minimum absolute atomic E-state index is 0.00209. The lowest BCUT2D eigenvalue weighted by Crippen LogP contribution is -2.43. The number of fused-ring (bicyclic) bond motifs is 1. The van der Waals surface area contributed by atoms with Gasteiger partial charge in [0.15, 0.2) is 11.4 Å². The van der Waals surface area contributed by atoms with Crippen molar-refractivity contribution in [2.45, 2.75) is 33.7 Å². The standard InChI is InChI=1S/C18H24N2O7/c1-6-19-9-10(4)20-12(14(21)18(24)27-8-3)11(17(23)26-7-2)15(25-5)13(20)16(19)22/h10H,6-9H2,1-5H3/t10-/m0/s1. The summed E-state index contributed by atoms with van der Waals surface area (Å²) in [7, 11) is 1.29. The van der Waals surface area contributed by atoms with E-state index in [4.69, 9.17) is 14.2 Å². The molecule has 0 aliphatic carbocycles. The van der Waals surface area contributed by atoms with Crippen LogP contribution in [0.25, 0.3) is 0 Å². The number of rotatable bonds is 7. The topological polar surface area (TPSA) is 104 Å². The fourth-order valence-electron chi connectivity index (χ4n) is 3.22. The van der Waals surface area contributed by atoms with Crippen LogP contribution in [-0.2, 0) is 14.3 Å². The van der Waals surface area contributed by atoms with Crippen molar-refractivity contribution in [1.29, 1.82) is 0 Å². The summed E-state index contributed by atoms with van der Waals surface area (Å²) < 4.78 is 16.5. The van der Waals surface area contributed by atoms with Gasteiger partial charge in [-0.3, -0.25) is 9.59 Å². The molecule has 9 heteroatoms. The summed E-state index contributed by atoms with van der Waals surface area (Å²) >= 11 is 0. The number of nitrogens with zero attached hydrogens (tertiary/aromatic N) is 2. The molecular weight excluding hydrogens is 356 g/mol. The van der Waals surface area contributed by atoms with Gasteiger partial charge in [0.05, 0.1) is 20.3 Å². The second kappa shape index (κ2) is 8.24. The molecule has 0 unspecified atom stereocenters. The number of hydrogen-bond acceptors (Lipinski definition) is 7. The van der Waals surface area contributed by atoms with Gasteiger partial charge in [0.2, 0.25) is 0 Å². The highest BCUT2D eigenvalue weighted by atomic mass is 16.5. The van der Waals surface area contributed by atoms with Crippen LogP contribution in [0.3, 0.4) is 0 Å². The van der Waals surface area contributed by atoms with Gasteiger partial charge < -0.3 is 23.7 Å². The van der Waals surface area contributed by atoms with Gasteiger partial charge >= 0.3 is 11.9 Å². The van der Waals surface area contributed by atoms with E-state index in [0.717, 1.165) is 0 Å². The van der Waals surface area contributed by atoms with E-state index in [2.05, 4.69) is 0 Å². The predicted molar refractivity (Wildman–Crippen MR) is 94.2 cm³/mol. The van der Waals surface area contributed by atoms with E-state index in [1.54, 1.807) is 25.7 Å². The Kier molecular flexibility index (Phi) is 6.24. The van der Waals surface area contributed by atoms with Crippen molar-refractivity contribution in [2.24, 2.45) is 0 Å². The summed E-state index contributed by atoms with van der Waals surface area (Å²) in [6.07, 6.45) is 0. The molecule has 0 fully saturated rings. The minimum atomic E-state index is -1.11. The van der Waals surface area contributed by atoms with E-state index >= 15 is 0 Å². The maximum atomic E-state index is 12.9. The van der Waals surface area contributed by atoms with Gasteiger partial charge in [0, 0.05) is 19.1 Å². The molecule has 1 aromatic heterocycles. The Hall–Kier alpha value is -2.84. The number of ether oxygens (including phenoxy) is 3. The van der Waals surface area contributed by atoms with Crippen LogP contribution in [0.1, 0.15) is 65.1 Å². The molecular formula is C18H24N2O7. The predicted octanol–water partition coefficient (Wildman–Crippen LogP) is 1.46. The molecule has 0 bridgehead atoms. The zero-order chi connectivity index (χ0) is 20.3. The lowest BCUT2D eigenvalue weighted by molar-refractivity contribution is -0.137. The maximum Gasteiger partial charge on any atom is 0.381 e. The third-order valence-electron chi connectivity index (χ3n) is 4.32. The van der Waals surface area contributed by atoms with Gasteiger partial charge in [-0.15, -0.1) is 0 Å². The lowest BCUT2D eigenvalue weighted by atomic mass is 10.1. The number of carbonyl (C=O) groups is 4. The molecule has 1 aromatic rings. The van der Waals surface area contributed by atoms with Crippen molar-refractivity contribution in [1.82, 2.24) is 9.47 Å². The van der Waals surface area contributed by atoms with E-state index in [0.29, 0.717) is 13.1 Å². The SMILES string of the molecule is CCOC(=O)C(=O)c1c(C(=O)OCC)c(OC)c2n1[C@@H](C)CN(CC)C2=O. The maximum absolute atomic E-state index is 12.9. The third-order valence-corrected chi connectivity index (χ3v) is 4.32.